The van der Waals surface area contributed by atoms with Gasteiger partial charge in [-0.05, 0) is 38.5 Å². The van der Waals surface area contributed by atoms with E-state index in [0.717, 1.165) is 11.3 Å². The molecule has 0 fully saturated rings. The van der Waals surface area contributed by atoms with Crippen LogP contribution in [-0.2, 0) is 12.6 Å². The molecule has 2 N–H and O–H groups in total. The zero-order chi connectivity index (χ0) is 18.0. The van der Waals surface area contributed by atoms with Crippen molar-refractivity contribution in [2.24, 2.45) is 7.05 Å². The average Bonchev–Trinajstić information content (AvgIpc) is 3.00. The quantitative estimate of drug-likeness (QED) is 0.883. The normalized spacial score (nSPS) is 14.7. The number of nitrogens with one attached hydrogen (secondary N) is 2. The molecule has 0 unspecified atom stereocenters. The van der Waals surface area contributed by atoms with Gasteiger partial charge in [-0.3, -0.25) is 0 Å². The Kier molecular flexibility index (Phi) is 4.52. The van der Waals surface area contributed by atoms with Crippen LogP contribution in [0.25, 0.3) is 0 Å². The van der Waals surface area contributed by atoms with E-state index in [1.54, 1.807) is 10.9 Å². The smallest absolute Gasteiger partial charge is 0.316 e. The number of benzene rings is 1. The Balaban J connectivity index is 1.68. The molecule has 0 spiro atoms. The van der Waals surface area contributed by atoms with Crippen LogP contribution in [0.4, 0.5) is 4.79 Å². The molecule has 8 nitrogen and oxygen atoms in total. The lowest BCUT2D eigenvalue weighted by Crippen LogP contribution is -2.47. The molecule has 0 saturated carbocycles. The number of fused-ring (bicyclic) bond motifs is 1. The van der Waals surface area contributed by atoms with E-state index in [1.165, 1.54) is 0 Å². The second-order valence-electron chi connectivity index (χ2n) is 6.60. The Morgan fingerprint density at radius 3 is 2.68 bits per heavy atom. The first-order valence-electron chi connectivity index (χ1n) is 8.19. The van der Waals surface area contributed by atoms with E-state index >= 15 is 0 Å². The third kappa shape index (κ3) is 3.67. The van der Waals surface area contributed by atoms with Crippen molar-refractivity contribution in [2.45, 2.75) is 32.4 Å². The molecule has 0 bridgehead atoms. The van der Waals surface area contributed by atoms with Gasteiger partial charge in [0.05, 0.1) is 11.6 Å². The lowest BCUT2D eigenvalue weighted by atomic mass is 9.94. The first-order chi connectivity index (χ1) is 11.9. The van der Waals surface area contributed by atoms with Crippen molar-refractivity contribution in [3.05, 3.63) is 35.9 Å². The fourth-order valence-electron chi connectivity index (χ4n) is 2.77. The van der Waals surface area contributed by atoms with Gasteiger partial charge in [-0.25, -0.2) is 4.79 Å². The van der Waals surface area contributed by atoms with E-state index < -0.39 is 5.54 Å². The van der Waals surface area contributed by atoms with Crippen molar-refractivity contribution in [3.63, 3.8) is 0 Å². The summed E-state index contributed by atoms with van der Waals surface area (Å²) in [6.07, 6.45) is 1.60. The van der Waals surface area contributed by atoms with Crippen LogP contribution in [0.3, 0.4) is 0 Å². The van der Waals surface area contributed by atoms with Gasteiger partial charge in [0.2, 0.25) is 0 Å². The van der Waals surface area contributed by atoms with Gasteiger partial charge in [-0.1, -0.05) is 6.07 Å². The molecule has 25 heavy (non-hydrogen) atoms. The van der Waals surface area contributed by atoms with Crippen molar-refractivity contribution < 1.29 is 14.3 Å². The summed E-state index contributed by atoms with van der Waals surface area (Å²) in [5, 5.41) is 13.7. The standard InChI is InChI=1S/C17H23N5O3/c1-11(15-21-18-10-22(15)4)19-16(23)20-17(2,3)12-5-6-13-14(9-12)25-8-7-24-13/h5-6,9-11H,7-8H2,1-4H3,(H2,19,20,23)/t11-/m0/s1. The zero-order valence-electron chi connectivity index (χ0n) is 14.9. The minimum absolute atomic E-state index is 0.261. The Bertz CT molecular complexity index is 771. The second kappa shape index (κ2) is 6.62. The van der Waals surface area contributed by atoms with Crippen molar-refractivity contribution in [1.29, 1.82) is 0 Å². The van der Waals surface area contributed by atoms with Crippen LogP contribution in [0, 0.1) is 0 Å². The highest BCUT2D eigenvalue weighted by atomic mass is 16.6. The Labute approximate surface area is 146 Å². The molecule has 1 aliphatic heterocycles. The number of ether oxygens (including phenoxy) is 2. The third-order valence-electron chi connectivity index (χ3n) is 4.17. The number of hydrogen-bond donors (Lipinski definition) is 2. The number of aromatic nitrogens is 3. The molecule has 134 valence electrons. The van der Waals surface area contributed by atoms with Gasteiger partial charge in [0, 0.05) is 7.05 Å². The lowest BCUT2D eigenvalue weighted by Gasteiger charge is -2.29. The number of hydrogen-bond acceptors (Lipinski definition) is 5. The van der Waals surface area contributed by atoms with Crippen LogP contribution in [0.2, 0.25) is 0 Å². The molecule has 2 aromatic rings. The summed E-state index contributed by atoms with van der Waals surface area (Å²) in [7, 11) is 1.84. The van der Waals surface area contributed by atoms with Gasteiger partial charge in [0.1, 0.15) is 19.5 Å². The summed E-state index contributed by atoms with van der Waals surface area (Å²) < 4.78 is 12.9. The predicted octanol–water partition coefficient (Wildman–Crippen LogP) is 1.88. The van der Waals surface area contributed by atoms with Crippen LogP contribution in [-0.4, -0.2) is 34.0 Å². The molecule has 1 aromatic carbocycles. The maximum absolute atomic E-state index is 12.4. The number of aryl methyl sites for hydroxylation is 1. The molecular formula is C17H23N5O3. The van der Waals surface area contributed by atoms with Crippen molar-refractivity contribution in [2.75, 3.05) is 13.2 Å². The largest absolute Gasteiger partial charge is 0.486 e. The molecule has 0 saturated heterocycles. The molecule has 2 amide bonds. The van der Waals surface area contributed by atoms with Gasteiger partial charge in [0.15, 0.2) is 17.3 Å². The predicted molar refractivity (Wildman–Crippen MR) is 91.5 cm³/mol. The topological polar surface area (TPSA) is 90.3 Å². The molecule has 2 heterocycles. The van der Waals surface area contributed by atoms with E-state index in [9.17, 15) is 4.79 Å². The number of amides is 2. The highest BCUT2D eigenvalue weighted by molar-refractivity contribution is 5.75. The van der Waals surface area contributed by atoms with Crippen LogP contribution >= 0.6 is 0 Å². The van der Waals surface area contributed by atoms with E-state index in [-0.39, 0.29) is 12.1 Å². The SMILES string of the molecule is C[C@H](NC(=O)NC(C)(C)c1ccc2c(c1)OCCO2)c1nncn1C. The summed E-state index contributed by atoms with van der Waals surface area (Å²) in [5.74, 6) is 2.12. The average molecular weight is 345 g/mol. The van der Waals surface area contributed by atoms with E-state index in [0.29, 0.717) is 24.8 Å². The summed E-state index contributed by atoms with van der Waals surface area (Å²) in [6.45, 7) is 6.81. The summed E-state index contributed by atoms with van der Waals surface area (Å²) in [4.78, 5) is 12.4. The molecule has 1 aliphatic rings. The fraction of sp³-hybridized carbons (Fsp3) is 0.471. The fourth-order valence-corrected chi connectivity index (χ4v) is 2.77. The summed E-state index contributed by atoms with van der Waals surface area (Å²) in [6, 6.07) is 5.16. The van der Waals surface area contributed by atoms with E-state index in [1.807, 2.05) is 46.0 Å². The number of rotatable bonds is 4. The maximum Gasteiger partial charge on any atom is 0.316 e. The number of urea groups is 1. The van der Waals surface area contributed by atoms with Crippen LogP contribution in [0.15, 0.2) is 24.5 Å². The van der Waals surface area contributed by atoms with Crippen LogP contribution in [0.5, 0.6) is 11.5 Å². The Morgan fingerprint density at radius 1 is 1.28 bits per heavy atom. The molecule has 3 rings (SSSR count). The molecule has 1 aromatic heterocycles. The number of carbonyl (C=O) groups is 1. The molecular weight excluding hydrogens is 322 g/mol. The van der Waals surface area contributed by atoms with Gasteiger partial charge in [0.25, 0.3) is 0 Å². The van der Waals surface area contributed by atoms with Gasteiger partial charge in [-0.2, -0.15) is 0 Å². The summed E-state index contributed by atoms with van der Waals surface area (Å²) in [5.41, 5.74) is 0.345. The first-order valence-corrected chi connectivity index (χ1v) is 8.19. The van der Waals surface area contributed by atoms with Crippen LogP contribution < -0.4 is 20.1 Å². The van der Waals surface area contributed by atoms with Crippen molar-refractivity contribution >= 4 is 6.03 Å². The zero-order valence-corrected chi connectivity index (χ0v) is 14.9. The molecule has 0 radical (unpaired) electrons. The van der Waals surface area contributed by atoms with Crippen molar-refractivity contribution in [1.82, 2.24) is 25.4 Å². The van der Waals surface area contributed by atoms with Gasteiger partial charge < -0.3 is 24.7 Å². The molecule has 0 aliphatic carbocycles. The number of nitrogens with zero attached hydrogens (tertiary/aromatic N) is 3. The molecule has 8 heteroatoms. The Hall–Kier alpha value is -2.77. The third-order valence-corrected chi connectivity index (χ3v) is 4.17. The minimum atomic E-state index is -0.584. The van der Waals surface area contributed by atoms with Crippen LogP contribution in [0.1, 0.15) is 38.2 Å². The van der Waals surface area contributed by atoms with Gasteiger partial charge >= 0.3 is 6.03 Å². The lowest BCUT2D eigenvalue weighted by molar-refractivity contribution is 0.171. The van der Waals surface area contributed by atoms with E-state index in [4.69, 9.17) is 9.47 Å². The minimum Gasteiger partial charge on any atom is -0.486 e. The monoisotopic (exact) mass is 345 g/mol. The maximum atomic E-state index is 12.4. The number of carbonyl (C=O) groups excluding carboxylic acids is 1. The Morgan fingerprint density at radius 2 is 2.00 bits per heavy atom. The first kappa shape index (κ1) is 17.1. The van der Waals surface area contributed by atoms with E-state index in [2.05, 4.69) is 20.8 Å². The highest BCUT2D eigenvalue weighted by Gasteiger charge is 2.26. The van der Waals surface area contributed by atoms with Crippen molar-refractivity contribution in [3.8, 4) is 11.5 Å². The van der Waals surface area contributed by atoms with Gasteiger partial charge in [-0.15, -0.1) is 10.2 Å². The molecule has 1 atom stereocenters. The highest BCUT2D eigenvalue weighted by Crippen LogP contribution is 2.34. The summed E-state index contributed by atoms with van der Waals surface area (Å²) >= 11 is 0. The second-order valence-corrected chi connectivity index (χ2v) is 6.60.